The first-order chi connectivity index (χ1) is 9.20. The third-order valence-corrected chi connectivity index (χ3v) is 4.16. The zero-order valence-corrected chi connectivity index (χ0v) is 12.0. The Morgan fingerprint density at radius 2 is 2.05 bits per heavy atom. The van der Waals surface area contributed by atoms with E-state index in [1.54, 1.807) is 19.2 Å². The standard InChI is InChI=1S/C16H20ClFO/c1-19-10-2-3-12-4-6-13(7-5-12)14-8-9-15(17)16(18)11-14/h2-3,8-9,11-13H,4-7,10H2,1H3/t12-,13-. The molecule has 1 aromatic rings. The Balaban J connectivity index is 1.90. The van der Waals surface area contributed by atoms with Gasteiger partial charge in [0, 0.05) is 7.11 Å². The highest BCUT2D eigenvalue weighted by molar-refractivity contribution is 6.30. The van der Waals surface area contributed by atoms with E-state index in [1.807, 2.05) is 6.07 Å². The molecule has 1 nitrogen and oxygen atoms in total. The molecular formula is C16H20ClFO. The topological polar surface area (TPSA) is 9.23 Å². The summed E-state index contributed by atoms with van der Waals surface area (Å²) in [5.74, 6) is 0.809. The molecule has 2 rings (SSSR count). The Bertz CT molecular complexity index is 436. The van der Waals surface area contributed by atoms with Crippen molar-refractivity contribution in [2.45, 2.75) is 31.6 Å². The number of halogens is 2. The molecule has 0 atom stereocenters. The predicted molar refractivity (Wildman–Crippen MR) is 77.1 cm³/mol. The Hall–Kier alpha value is -0.860. The Morgan fingerprint density at radius 3 is 2.68 bits per heavy atom. The van der Waals surface area contributed by atoms with Gasteiger partial charge in [-0.1, -0.05) is 29.8 Å². The van der Waals surface area contributed by atoms with Gasteiger partial charge in [-0.05, 0) is 55.2 Å². The first-order valence-corrected chi connectivity index (χ1v) is 7.19. The molecule has 1 aromatic carbocycles. The summed E-state index contributed by atoms with van der Waals surface area (Å²) in [7, 11) is 1.70. The molecule has 104 valence electrons. The number of ether oxygens (including phenoxy) is 1. The number of benzene rings is 1. The van der Waals surface area contributed by atoms with Gasteiger partial charge in [0.05, 0.1) is 11.6 Å². The van der Waals surface area contributed by atoms with Crippen LogP contribution in [0.4, 0.5) is 4.39 Å². The van der Waals surface area contributed by atoms with Crippen molar-refractivity contribution in [1.29, 1.82) is 0 Å². The van der Waals surface area contributed by atoms with E-state index in [-0.39, 0.29) is 10.8 Å². The lowest BCUT2D eigenvalue weighted by atomic mass is 9.78. The van der Waals surface area contributed by atoms with Crippen molar-refractivity contribution in [1.82, 2.24) is 0 Å². The predicted octanol–water partition coefficient (Wildman–Crippen LogP) is 4.96. The van der Waals surface area contributed by atoms with E-state index in [0.717, 1.165) is 31.2 Å². The highest BCUT2D eigenvalue weighted by Gasteiger charge is 2.21. The third kappa shape index (κ3) is 4.05. The normalized spacial score (nSPS) is 23.9. The summed E-state index contributed by atoms with van der Waals surface area (Å²) in [6.45, 7) is 0.683. The molecule has 1 aliphatic carbocycles. The van der Waals surface area contributed by atoms with Crippen molar-refractivity contribution in [2.75, 3.05) is 13.7 Å². The van der Waals surface area contributed by atoms with Gasteiger partial charge in [-0.3, -0.25) is 0 Å². The minimum absolute atomic E-state index is 0.208. The van der Waals surface area contributed by atoms with Crippen LogP contribution in [-0.2, 0) is 4.74 Å². The van der Waals surface area contributed by atoms with Gasteiger partial charge in [0.15, 0.2) is 0 Å². The van der Waals surface area contributed by atoms with Crippen molar-refractivity contribution in [3.05, 3.63) is 46.8 Å². The molecule has 0 aliphatic heterocycles. The molecule has 19 heavy (non-hydrogen) atoms. The second-order valence-corrected chi connectivity index (χ2v) is 5.58. The number of methoxy groups -OCH3 is 1. The molecular weight excluding hydrogens is 263 g/mol. The van der Waals surface area contributed by atoms with Crippen molar-refractivity contribution in [2.24, 2.45) is 5.92 Å². The van der Waals surface area contributed by atoms with Crippen molar-refractivity contribution in [3.8, 4) is 0 Å². The summed E-state index contributed by atoms with van der Waals surface area (Å²) < 4.78 is 18.5. The summed E-state index contributed by atoms with van der Waals surface area (Å²) >= 11 is 5.72. The number of hydrogen-bond donors (Lipinski definition) is 0. The van der Waals surface area contributed by atoms with Crippen LogP contribution < -0.4 is 0 Å². The van der Waals surface area contributed by atoms with Crippen LogP contribution in [0.15, 0.2) is 30.4 Å². The van der Waals surface area contributed by atoms with Crippen LogP contribution in [0.3, 0.4) is 0 Å². The maximum atomic E-state index is 13.5. The lowest BCUT2D eigenvalue weighted by molar-refractivity contribution is 0.233. The van der Waals surface area contributed by atoms with E-state index in [0.29, 0.717) is 18.4 Å². The van der Waals surface area contributed by atoms with Gasteiger partial charge in [-0.25, -0.2) is 4.39 Å². The third-order valence-electron chi connectivity index (χ3n) is 3.86. The van der Waals surface area contributed by atoms with E-state index < -0.39 is 0 Å². The maximum Gasteiger partial charge on any atom is 0.142 e. The molecule has 1 aliphatic rings. The second kappa shape index (κ2) is 7.06. The van der Waals surface area contributed by atoms with Gasteiger partial charge in [0.25, 0.3) is 0 Å². The van der Waals surface area contributed by atoms with E-state index in [4.69, 9.17) is 16.3 Å². The first kappa shape index (κ1) is 14.5. The zero-order valence-electron chi connectivity index (χ0n) is 11.2. The molecule has 0 radical (unpaired) electrons. The number of rotatable bonds is 4. The van der Waals surface area contributed by atoms with Gasteiger partial charge in [-0.2, -0.15) is 0 Å². The van der Waals surface area contributed by atoms with Crippen molar-refractivity contribution < 1.29 is 9.13 Å². The highest BCUT2D eigenvalue weighted by atomic mass is 35.5. The molecule has 0 heterocycles. The second-order valence-electron chi connectivity index (χ2n) is 5.17. The lowest BCUT2D eigenvalue weighted by Gasteiger charge is -2.27. The lowest BCUT2D eigenvalue weighted by Crippen LogP contribution is -2.12. The van der Waals surface area contributed by atoms with Crippen LogP contribution in [-0.4, -0.2) is 13.7 Å². The SMILES string of the molecule is COCC=C[C@H]1CC[C@H](c2ccc(Cl)c(F)c2)CC1. The van der Waals surface area contributed by atoms with Crippen LogP contribution >= 0.6 is 11.6 Å². The van der Waals surface area contributed by atoms with Gasteiger partial charge in [0.1, 0.15) is 5.82 Å². The monoisotopic (exact) mass is 282 g/mol. The van der Waals surface area contributed by atoms with Crippen LogP contribution in [0, 0.1) is 11.7 Å². The van der Waals surface area contributed by atoms with Crippen molar-refractivity contribution >= 4 is 11.6 Å². The Kier molecular flexibility index (Phi) is 5.41. The molecule has 0 aromatic heterocycles. The van der Waals surface area contributed by atoms with Crippen LogP contribution in [0.25, 0.3) is 0 Å². The fourth-order valence-corrected chi connectivity index (χ4v) is 2.87. The molecule has 0 saturated heterocycles. The molecule has 0 unspecified atom stereocenters. The molecule has 1 fully saturated rings. The molecule has 0 bridgehead atoms. The average molecular weight is 283 g/mol. The minimum atomic E-state index is -0.304. The fourth-order valence-electron chi connectivity index (χ4n) is 2.76. The molecule has 0 amide bonds. The van der Waals surface area contributed by atoms with E-state index in [9.17, 15) is 4.39 Å². The fraction of sp³-hybridized carbons (Fsp3) is 0.500. The van der Waals surface area contributed by atoms with Crippen molar-refractivity contribution in [3.63, 3.8) is 0 Å². The van der Waals surface area contributed by atoms with Gasteiger partial charge in [0.2, 0.25) is 0 Å². The van der Waals surface area contributed by atoms with E-state index in [2.05, 4.69) is 12.2 Å². The summed E-state index contributed by atoms with van der Waals surface area (Å²) in [5.41, 5.74) is 1.08. The summed E-state index contributed by atoms with van der Waals surface area (Å²) in [6.07, 6.45) is 8.89. The molecule has 0 spiro atoms. The van der Waals surface area contributed by atoms with Crippen LogP contribution in [0.5, 0.6) is 0 Å². The highest BCUT2D eigenvalue weighted by Crippen LogP contribution is 2.37. The van der Waals surface area contributed by atoms with Gasteiger partial charge >= 0.3 is 0 Å². The molecule has 1 saturated carbocycles. The summed E-state index contributed by atoms with van der Waals surface area (Å²) in [6, 6.07) is 5.21. The minimum Gasteiger partial charge on any atom is -0.381 e. The summed E-state index contributed by atoms with van der Waals surface area (Å²) in [5, 5.41) is 0.208. The number of allylic oxidation sites excluding steroid dienone is 1. The van der Waals surface area contributed by atoms with Crippen LogP contribution in [0.2, 0.25) is 5.02 Å². The van der Waals surface area contributed by atoms with E-state index >= 15 is 0 Å². The smallest absolute Gasteiger partial charge is 0.142 e. The quantitative estimate of drug-likeness (QED) is 0.710. The molecule has 3 heteroatoms. The first-order valence-electron chi connectivity index (χ1n) is 6.81. The largest absolute Gasteiger partial charge is 0.381 e. The average Bonchev–Trinajstić information content (AvgIpc) is 2.43. The van der Waals surface area contributed by atoms with E-state index in [1.165, 1.54) is 0 Å². The van der Waals surface area contributed by atoms with Gasteiger partial charge in [-0.15, -0.1) is 0 Å². The Morgan fingerprint density at radius 1 is 1.32 bits per heavy atom. The van der Waals surface area contributed by atoms with Crippen LogP contribution in [0.1, 0.15) is 37.2 Å². The summed E-state index contributed by atoms with van der Waals surface area (Å²) in [4.78, 5) is 0. The maximum absolute atomic E-state index is 13.5. The molecule has 0 N–H and O–H groups in total. The number of hydrogen-bond acceptors (Lipinski definition) is 1. The van der Waals surface area contributed by atoms with Gasteiger partial charge < -0.3 is 4.74 Å². The zero-order chi connectivity index (χ0) is 13.7. The Labute approximate surface area is 119 Å².